The fourth-order valence-corrected chi connectivity index (χ4v) is 7.38. The van der Waals surface area contributed by atoms with Gasteiger partial charge >= 0.3 is 0 Å². The summed E-state index contributed by atoms with van der Waals surface area (Å²) < 4.78 is 7.55. The Morgan fingerprint density at radius 2 is 1.90 bits per heavy atom. The van der Waals surface area contributed by atoms with E-state index in [0.29, 0.717) is 36.6 Å². The van der Waals surface area contributed by atoms with Crippen LogP contribution in [-0.2, 0) is 11.3 Å². The predicted molar refractivity (Wildman–Crippen MR) is 113 cm³/mol. The third-order valence-corrected chi connectivity index (χ3v) is 8.78. The van der Waals surface area contributed by atoms with Gasteiger partial charge in [-0.15, -0.1) is 0 Å². The molecular formula is C22H29N3O3S. The average molecular weight is 416 g/mol. The van der Waals surface area contributed by atoms with Gasteiger partial charge in [-0.1, -0.05) is 0 Å². The Balaban J connectivity index is 1.26. The number of hydrogen-bond acceptors (Lipinski definition) is 5. The number of piperidine rings is 1. The van der Waals surface area contributed by atoms with Gasteiger partial charge < -0.3 is 14.2 Å². The third-order valence-electron chi connectivity index (χ3n) is 7.73. The number of morpholine rings is 1. The van der Waals surface area contributed by atoms with E-state index >= 15 is 0 Å². The fourth-order valence-electron chi connectivity index (χ4n) is 6.30. The van der Waals surface area contributed by atoms with Crippen molar-refractivity contribution >= 4 is 17.7 Å². The van der Waals surface area contributed by atoms with Crippen molar-refractivity contribution in [3.8, 4) is 0 Å². The van der Waals surface area contributed by atoms with Crippen LogP contribution in [0.2, 0.25) is 0 Å². The number of carbonyl (C=O) groups excluding carboxylic acids is 1. The molecule has 0 unspecified atom stereocenters. The first-order valence-electron chi connectivity index (χ1n) is 11.2. The lowest BCUT2D eigenvalue weighted by atomic mass is 9.82. The topological polar surface area (TPSA) is 54.8 Å². The molecule has 4 bridgehead atoms. The first-order chi connectivity index (χ1) is 14.2. The van der Waals surface area contributed by atoms with Gasteiger partial charge in [0.2, 0.25) is 0 Å². The van der Waals surface area contributed by atoms with Gasteiger partial charge in [0.25, 0.3) is 11.5 Å². The highest BCUT2D eigenvalue weighted by Gasteiger charge is 2.43. The summed E-state index contributed by atoms with van der Waals surface area (Å²) >= 11 is 2.08. The van der Waals surface area contributed by atoms with Crippen LogP contribution in [0.4, 0.5) is 0 Å². The Hall–Kier alpha value is -1.31. The van der Waals surface area contributed by atoms with Gasteiger partial charge in [0.05, 0.1) is 18.8 Å². The molecule has 5 aliphatic heterocycles. The minimum atomic E-state index is -0.0989. The summed E-state index contributed by atoms with van der Waals surface area (Å²) in [5.41, 5.74) is 1.42. The summed E-state index contributed by atoms with van der Waals surface area (Å²) in [6.45, 7) is 4.17. The minimum Gasteiger partial charge on any atom is -0.374 e. The van der Waals surface area contributed by atoms with E-state index in [2.05, 4.69) is 22.7 Å². The molecule has 29 heavy (non-hydrogen) atoms. The zero-order chi connectivity index (χ0) is 19.5. The SMILES string of the molecule is O=C(c1ccc2n(c1=O)C[C@H]1C[C@@H]2CN(C2CCSCC2)C1)N1C[C@H]2C[C@@H]1CO2. The van der Waals surface area contributed by atoms with E-state index in [-0.39, 0.29) is 23.6 Å². The van der Waals surface area contributed by atoms with Crippen LogP contribution < -0.4 is 5.56 Å². The lowest BCUT2D eigenvalue weighted by Crippen LogP contribution is -2.52. The number of rotatable bonds is 2. The van der Waals surface area contributed by atoms with Crippen LogP contribution in [0.5, 0.6) is 0 Å². The molecule has 0 spiro atoms. The number of pyridine rings is 1. The molecule has 6 rings (SSSR count). The van der Waals surface area contributed by atoms with Crippen LogP contribution in [-0.4, -0.2) is 76.2 Å². The molecule has 4 atom stereocenters. The summed E-state index contributed by atoms with van der Waals surface area (Å²) in [5, 5.41) is 0. The van der Waals surface area contributed by atoms with Crippen LogP contribution in [0.25, 0.3) is 0 Å². The van der Waals surface area contributed by atoms with Crippen molar-refractivity contribution in [2.45, 2.75) is 56.3 Å². The summed E-state index contributed by atoms with van der Waals surface area (Å²) in [6.07, 6.45) is 4.85. The molecule has 0 aromatic carbocycles. The second-order valence-electron chi connectivity index (χ2n) is 9.49. The third kappa shape index (κ3) is 3.08. The van der Waals surface area contributed by atoms with Gasteiger partial charge in [0.15, 0.2) is 0 Å². The van der Waals surface area contributed by atoms with Gasteiger partial charge in [-0.25, -0.2) is 0 Å². The highest BCUT2D eigenvalue weighted by Crippen LogP contribution is 2.38. The number of ether oxygens (including phenoxy) is 1. The second-order valence-corrected chi connectivity index (χ2v) is 10.7. The molecule has 4 fully saturated rings. The maximum atomic E-state index is 13.3. The largest absolute Gasteiger partial charge is 0.374 e. The summed E-state index contributed by atoms with van der Waals surface area (Å²) in [6, 6.07) is 4.74. The normalized spacial score (nSPS) is 34.4. The number of nitrogens with zero attached hydrogens (tertiary/aromatic N) is 3. The van der Waals surface area contributed by atoms with Gasteiger partial charge in [0.1, 0.15) is 5.56 Å². The van der Waals surface area contributed by atoms with Crippen molar-refractivity contribution < 1.29 is 9.53 Å². The summed E-state index contributed by atoms with van der Waals surface area (Å²) in [4.78, 5) is 31.0. The van der Waals surface area contributed by atoms with Crippen LogP contribution in [0.3, 0.4) is 0 Å². The maximum Gasteiger partial charge on any atom is 0.263 e. The summed E-state index contributed by atoms with van der Waals surface area (Å²) in [7, 11) is 0. The zero-order valence-electron chi connectivity index (χ0n) is 16.8. The van der Waals surface area contributed by atoms with E-state index in [1.54, 1.807) is 6.07 Å². The molecule has 0 radical (unpaired) electrons. The molecule has 6 nitrogen and oxygen atoms in total. The van der Waals surface area contributed by atoms with Gasteiger partial charge in [-0.2, -0.15) is 11.8 Å². The molecule has 156 valence electrons. The maximum absolute atomic E-state index is 13.3. The van der Waals surface area contributed by atoms with Crippen molar-refractivity contribution in [2.75, 3.05) is 37.7 Å². The lowest BCUT2D eigenvalue weighted by molar-refractivity contribution is 0.0257. The van der Waals surface area contributed by atoms with Crippen molar-refractivity contribution in [2.24, 2.45) is 5.92 Å². The molecule has 1 aromatic heterocycles. The molecule has 5 aliphatic rings. The molecular weight excluding hydrogens is 386 g/mol. The molecule has 1 aromatic rings. The van der Waals surface area contributed by atoms with Crippen LogP contribution in [0.1, 0.15) is 47.7 Å². The predicted octanol–water partition coefficient (Wildman–Crippen LogP) is 1.78. The van der Waals surface area contributed by atoms with E-state index in [0.717, 1.165) is 31.7 Å². The number of likely N-dealkylation sites (tertiary alicyclic amines) is 2. The molecule has 1 amide bonds. The minimum absolute atomic E-state index is 0.0755. The first-order valence-corrected chi connectivity index (χ1v) is 12.3. The Morgan fingerprint density at radius 3 is 2.66 bits per heavy atom. The van der Waals surface area contributed by atoms with Crippen molar-refractivity contribution in [1.29, 1.82) is 0 Å². The monoisotopic (exact) mass is 415 g/mol. The van der Waals surface area contributed by atoms with E-state index in [4.69, 9.17) is 4.74 Å². The molecule has 0 N–H and O–H groups in total. The number of aromatic nitrogens is 1. The van der Waals surface area contributed by atoms with E-state index in [9.17, 15) is 9.59 Å². The highest BCUT2D eigenvalue weighted by atomic mass is 32.2. The number of hydrogen-bond donors (Lipinski definition) is 0. The van der Waals surface area contributed by atoms with E-state index < -0.39 is 0 Å². The molecule has 0 aliphatic carbocycles. The van der Waals surface area contributed by atoms with Gasteiger partial charge in [-0.3, -0.25) is 14.5 Å². The number of fused-ring (bicyclic) bond motifs is 6. The average Bonchev–Trinajstić information content (AvgIpc) is 3.38. The number of carbonyl (C=O) groups is 1. The van der Waals surface area contributed by atoms with Crippen molar-refractivity contribution in [3.63, 3.8) is 0 Å². The van der Waals surface area contributed by atoms with Gasteiger partial charge in [-0.05, 0) is 55.2 Å². The summed E-state index contributed by atoms with van der Waals surface area (Å²) in [5.74, 6) is 3.40. The zero-order valence-corrected chi connectivity index (χ0v) is 17.6. The Kier molecular flexibility index (Phi) is 4.54. The molecule has 4 saturated heterocycles. The van der Waals surface area contributed by atoms with Crippen molar-refractivity contribution in [3.05, 3.63) is 33.7 Å². The quantitative estimate of drug-likeness (QED) is 0.737. The number of amides is 1. The van der Waals surface area contributed by atoms with Crippen LogP contribution in [0.15, 0.2) is 16.9 Å². The second kappa shape index (κ2) is 7.13. The fraction of sp³-hybridized carbons (Fsp3) is 0.727. The Morgan fingerprint density at radius 1 is 1.03 bits per heavy atom. The van der Waals surface area contributed by atoms with Gasteiger partial charge in [0, 0.05) is 43.8 Å². The molecule has 6 heterocycles. The van der Waals surface area contributed by atoms with Crippen LogP contribution >= 0.6 is 11.8 Å². The van der Waals surface area contributed by atoms with E-state index in [1.807, 2.05) is 9.47 Å². The smallest absolute Gasteiger partial charge is 0.263 e. The Labute approximate surface area is 175 Å². The van der Waals surface area contributed by atoms with E-state index in [1.165, 1.54) is 30.8 Å². The van der Waals surface area contributed by atoms with Crippen LogP contribution in [0, 0.1) is 5.92 Å². The standard InChI is InChI=1S/C22H29N3O3S/c26-21(24-12-18-8-17(24)13-28-18)19-1-2-20-15-7-14(10-25(20)22(19)27)9-23(11-15)16-3-5-29-6-4-16/h1-2,14-18H,3-13H2/t14-,15+,17+,18+/m0/s1. The number of thioether (sulfide) groups is 1. The molecule has 0 saturated carbocycles. The Bertz CT molecular complexity index is 881. The lowest BCUT2D eigenvalue weighted by Gasteiger charge is -2.46. The first kappa shape index (κ1) is 18.5. The molecule has 7 heteroatoms. The highest BCUT2D eigenvalue weighted by molar-refractivity contribution is 7.99. The van der Waals surface area contributed by atoms with Crippen molar-refractivity contribution in [1.82, 2.24) is 14.4 Å².